The molecule has 1 fully saturated rings. The number of rotatable bonds is 15. The SMILES string of the molecule is CCC(CC)(CC(=O)Nc1cccc(C=Cc2nc(OCCCCc3ccc(C4CC4)cc3)ccc2C)c1)C(=O)O. The van der Waals surface area contributed by atoms with Gasteiger partial charge in [-0.25, -0.2) is 4.98 Å². The number of ether oxygens (including phenoxy) is 1. The molecule has 41 heavy (non-hydrogen) atoms. The number of pyridine rings is 1. The Morgan fingerprint density at radius 3 is 2.46 bits per heavy atom. The van der Waals surface area contributed by atoms with Crippen LogP contribution in [0.3, 0.4) is 0 Å². The summed E-state index contributed by atoms with van der Waals surface area (Å²) in [5.74, 6) is 0.179. The smallest absolute Gasteiger partial charge is 0.310 e. The van der Waals surface area contributed by atoms with E-state index in [-0.39, 0.29) is 12.3 Å². The molecule has 1 aliphatic rings. The van der Waals surface area contributed by atoms with Crippen molar-refractivity contribution in [2.45, 2.75) is 78.1 Å². The van der Waals surface area contributed by atoms with Gasteiger partial charge in [-0.05, 0) is 98.2 Å². The molecular formula is C35H42N2O4. The Kier molecular flexibility index (Phi) is 10.3. The highest BCUT2D eigenvalue weighted by Gasteiger charge is 2.37. The van der Waals surface area contributed by atoms with E-state index in [1.165, 1.54) is 24.0 Å². The number of hydrogen-bond donors (Lipinski definition) is 2. The van der Waals surface area contributed by atoms with Crippen LogP contribution in [0.5, 0.6) is 5.88 Å². The molecule has 0 aliphatic heterocycles. The van der Waals surface area contributed by atoms with Gasteiger partial charge in [0.1, 0.15) is 0 Å². The highest BCUT2D eigenvalue weighted by atomic mass is 16.5. The van der Waals surface area contributed by atoms with Crippen molar-refractivity contribution in [2.24, 2.45) is 5.41 Å². The first-order chi connectivity index (χ1) is 19.8. The number of anilines is 1. The Morgan fingerprint density at radius 1 is 1.02 bits per heavy atom. The van der Waals surface area contributed by atoms with E-state index in [9.17, 15) is 14.7 Å². The first-order valence-electron chi connectivity index (χ1n) is 14.8. The molecule has 0 saturated heterocycles. The molecule has 0 bridgehead atoms. The Labute approximate surface area is 243 Å². The number of carboxylic acids is 1. The minimum Gasteiger partial charge on any atom is -0.481 e. The van der Waals surface area contributed by atoms with Crippen LogP contribution in [0.4, 0.5) is 5.69 Å². The molecule has 2 aromatic carbocycles. The molecule has 1 heterocycles. The van der Waals surface area contributed by atoms with Gasteiger partial charge in [0.15, 0.2) is 0 Å². The van der Waals surface area contributed by atoms with Gasteiger partial charge in [0.25, 0.3) is 0 Å². The van der Waals surface area contributed by atoms with Gasteiger partial charge in [-0.2, -0.15) is 0 Å². The van der Waals surface area contributed by atoms with Crippen molar-refractivity contribution in [2.75, 3.05) is 11.9 Å². The average molecular weight is 555 g/mol. The summed E-state index contributed by atoms with van der Waals surface area (Å²) < 4.78 is 5.95. The summed E-state index contributed by atoms with van der Waals surface area (Å²) in [6.45, 7) is 6.25. The molecule has 1 amide bonds. The summed E-state index contributed by atoms with van der Waals surface area (Å²) in [6.07, 6.45) is 10.4. The van der Waals surface area contributed by atoms with E-state index < -0.39 is 11.4 Å². The van der Waals surface area contributed by atoms with Gasteiger partial charge in [-0.1, -0.05) is 62.4 Å². The fraction of sp³-hybridized carbons (Fsp3) is 0.400. The molecule has 0 spiro atoms. The Morgan fingerprint density at radius 2 is 1.78 bits per heavy atom. The molecule has 2 N–H and O–H groups in total. The predicted molar refractivity (Wildman–Crippen MR) is 165 cm³/mol. The van der Waals surface area contributed by atoms with Crippen molar-refractivity contribution < 1.29 is 19.4 Å². The lowest BCUT2D eigenvalue weighted by Crippen LogP contribution is -2.34. The van der Waals surface area contributed by atoms with Crippen LogP contribution >= 0.6 is 0 Å². The monoisotopic (exact) mass is 554 g/mol. The number of benzene rings is 2. The van der Waals surface area contributed by atoms with Crippen molar-refractivity contribution in [3.05, 3.63) is 88.6 Å². The Bertz CT molecular complexity index is 1350. The standard InChI is InChI=1S/C35H42N2O4/c1-4-35(5-2,34(39)40)24-32(38)36-30-11-8-10-27(23-30)15-20-31-25(3)12-21-33(37-31)41-22-7-6-9-26-13-16-28(17-14-26)29-18-19-29/h8,10-17,20-21,23,29H,4-7,9,18-19,22,24H2,1-3H3,(H,36,38)(H,39,40). The second-order valence-electron chi connectivity index (χ2n) is 11.1. The van der Waals surface area contributed by atoms with Gasteiger partial charge in [0, 0.05) is 18.2 Å². The van der Waals surface area contributed by atoms with Crippen molar-refractivity contribution in [3.8, 4) is 5.88 Å². The zero-order chi connectivity index (χ0) is 29.2. The molecule has 1 aliphatic carbocycles. The van der Waals surface area contributed by atoms with Gasteiger partial charge in [-0.3, -0.25) is 9.59 Å². The van der Waals surface area contributed by atoms with Crippen molar-refractivity contribution in [1.82, 2.24) is 4.98 Å². The largest absolute Gasteiger partial charge is 0.481 e. The molecule has 0 unspecified atom stereocenters. The van der Waals surface area contributed by atoms with Crippen molar-refractivity contribution >= 4 is 29.7 Å². The third-order valence-electron chi connectivity index (χ3n) is 8.16. The summed E-state index contributed by atoms with van der Waals surface area (Å²) in [7, 11) is 0. The Hall–Kier alpha value is -3.93. The molecule has 1 saturated carbocycles. The van der Waals surface area contributed by atoms with E-state index >= 15 is 0 Å². The molecule has 3 aromatic rings. The van der Waals surface area contributed by atoms with Crippen LogP contribution in [-0.2, 0) is 16.0 Å². The fourth-order valence-corrected chi connectivity index (χ4v) is 5.04. The van der Waals surface area contributed by atoms with E-state index in [2.05, 4.69) is 34.6 Å². The maximum Gasteiger partial charge on any atom is 0.310 e. The molecule has 6 nitrogen and oxygen atoms in total. The lowest BCUT2D eigenvalue weighted by Gasteiger charge is -2.25. The number of nitrogens with one attached hydrogen (secondary N) is 1. The number of aryl methyl sites for hydroxylation is 2. The van der Waals surface area contributed by atoms with Crippen LogP contribution in [0.2, 0.25) is 0 Å². The molecular weight excluding hydrogens is 512 g/mol. The minimum absolute atomic E-state index is 0.0568. The third kappa shape index (κ3) is 8.53. The number of unbranched alkanes of at least 4 members (excludes halogenated alkanes) is 1. The average Bonchev–Trinajstić information content (AvgIpc) is 3.82. The number of carbonyl (C=O) groups excluding carboxylic acids is 1. The van der Waals surface area contributed by atoms with Crippen LogP contribution in [0.25, 0.3) is 12.2 Å². The van der Waals surface area contributed by atoms with E-state index in [0.29, 0.717) is 31.0 Å². The molecule has 6 heteroatoms. The zero-order valence-electron chi connectivity index (χ0n) is 24.5. The summed E-state index contributed by atoms with van der Waals surface area (Å²) in [5, 5.41) is 12.5. The van der Waals surface area contributed by atoms with Gasteiger partial charge in [0.2, 0.25) is 11.8 Å². The second kappa shape index (κ2) is 14.1. The lowest BCUT2D eigenvalue weighted by atomic mass is 9.79. The Balaban J connectivity index is 1.28. The van der Waals surface area contributed by atoms with E-state index in [1.54, 1.807) is 6.07 Å². The number of carbonyl (C=O) groups is 2. The summed E-state index contributed by atoms with van der Waals surface area (Å²) in [4.78, 5) is 29.1. The topological polar surface area (TPSA) is 88.5 Å². The molecule has 216 valence electrons. The third-order valence-corrected chi connectivity index (χ3v) is 8.16. The van der Waals surface area contributed by atoms with E-state index in [0.717, 1.165) is 42.0 Å². The number of nitrogens with zero attached hydrogens (tertiary/aromatic N) is 1. The van der Waals surface area contributed by atoms with Gasteiger partial charge < -0.3 is 15.2 Å². The quantitative estimate of drug-likeness (QED) is 0.186. The first kappa shape index (κ1) is 30.0. The highest BCUT2D eigenvalue weighted by Crippen LogP contribution is 2.40. The first-order valence-corrected chi connectivity index (χ1v) is 14.8. The number of amides is 1. The predicted octanol–water partition coefficient (Wildman–Crippen LogP) is 8.06. The lowest BCUT2D eigenvalue weighted by molar-refractivity contribution is -0.151. The van der Waals surface area contributed by atoms with Crippen LogP contribution < -0.4 is 10.1 Å². The van der Waals surface area contributed by atoms with Crippen LogP contribution in [-0.4, -0.2) is 28.6 Å². The zero-order valence-corrected chi connectivity index (χ0v) is 24.5. The maximum absolute atomic E-state index is 12.6. The van der Waals surface area contributed by atoms with Crippen LogP contribution in [0.1, 0.15) is 92.7 Å². The van der Waals surface area contributed by atoms with Gasteiger partial charge >= 0.3 is 5.97 Å². The molecule has 0 atom stereocenters. The molecule has 1 aromatic heterocycles. The maximum atomic E-state index is 12.6. The minimum atomic E-state index is -1.04. The van der Waals surface area contributed by atoms with Gasteiger partial charge in [0.05, 0.1) is 17.7 Å². The van der Waals surface area contributed by atoms with Crippen LogP contribution in [0.15, 0.2) is 60.7 Å². The fourth-order valence-electron chi connectivity index (χ4n) is 5.04. The number of aliphatic carboxylic acids is 1. The second-order valence-corrected chi connectivity index (χ2v) is 11.1. The number of hydrogen-bond acceptors (Lipinski definition) is 4. The van der Waals surface area contributed by atoms with E-state index in [4.69, 9.17) is 4.74 Å². The number of carboxylic acid groups (broad SMARTS) is 1. The summed E-state index contributed by atoms with van der Waals surface area (Å²) in [6, 6.07) is 20.5. The normalized spacial score (nSPS) is 13.3. The van der Waals surface area contributed by atoms with Gasteiger partial charge in [-0.15, -0.1) is 0 Å². The van der Waals surface area contributed by atoms with Crippen molar-refractivity contribution in [3.63, 3.8) is 0 Å². The van der Waals surface area contributed by atoms with E-state index in [1.807, 2.05) is 63.3 Å². The van der Waals surface area contributed by atoms with Crippen molar-refractivity contribution in [1.29, 1.82) is 0 Å². The summed E-state index contributed by atoms with van der Waals surface area (Å²) >= 11 is 0. The highest BCUT2D eigenvalue weighted by molar-refractivity contribution is 5.94. The molecule has 0 radical (unpaired) electrons. The molecule has 4 rings (SSSR count). The summed E-state index contributed by atoms with van der Waals surface area (Å²) in [5.41, 5.74) is 5.21. The van der Waals surface area contributed by atoms with Crippen LogP contribution in [0, 0.1) is 12.3 Å². The number of aromatic nitrogens is 1.